The molecule has 0 N–H and O–H groups in total. The van der Waals surface area contributed by atoms with Gasteiger partial charge < -0.3 is 14.2 Å². The van der Waals surface area contributed by atoms with Crippen LogP contribution in [0.5, 0.6) is 5.75 Å². The highest BCUT2D eigenvalue weighted by Gasteiger charge is 2.13. The smallest absolute Gasteiger partial charge is 0.157 e. The van der Waals surface area contributed by atoms with E-state index in [4.69, 9.17) is 25.8 Å². The van der Waals surface area contributed by atoms with Gasteiger partial charge in [-0.1, -0.05) is 18.5 Å². The molecule has 0 saturated carbocycles. The molecule has 1 aromatic rings. The summed E-state index contributed by atoms with van der Waals surface area (Å²) in [6.07, 6.45) is 4.17. The van der Waals surface area contributed by atoms with E-state index in [0.717, 1.165) is 42.2 Å². The Morgan fingerprint density at radius 1 is 1.32 bits per heavy atom. The number of benzene rings is 1. The number of aryl methyl sites for hydroxylation is 1. The first kappa shape index (κ1) is 14.6. The minimum atomic E-state index is -0.0474. The lowest BCUT2D eigenvalue weighted by Gasteiger charge is -2.22. The summed E-state index contributed by atoms with van der Waals surface area (Å²) < 4.78 is 16.8. The summed E-state index contributed by atoms with van der Waals surface area (Å²) >= 11 is 6.06. The number of halogens is 1. The van der Waals surface area contributed by atoms with E-state index in [0.29, 0.717) is 13.2 Å². The minimum absolute atomic E-state index is 0.0474. The predicted molar refractivity (Wildman–Crippen MR) is 75.9 cm³/mol. The van der Waals surface area contributed by atoms with Crippen molar-refractivity contribution in [2.24, 2.45) is 0 Å². The van der Waals surface area contributed by atoms with E-state index in [1.165, 1.54) is 6.42 Å². The Morgan fingerprint density at radius 2 is 2.21 bits per heavy atom. The van der Waals surface area contributed by atoms with Gasteiger partial charge in [0, 0.05) is 11.6 Å². The van der Waals surface area contributed by atoms with Crippen LogP contribution in [-0.2, 0) is 15.9 Å². The van der Waals surface area contributed by atoms with Crippen molar-refractivity contribution in [1.82, 2.24) is 0 Å². The van der Waals surface area contributed by atoms with Gasteiger partial charge in [-0.15, -0.1) is 0 Å². The van der Waals surface area contributed by atoms with Gasteiger partial charge in [-0.2, -0.15) is 0 Å². The molecule has 1 heterocycles. The third kappa shape index (κ3) is 4.68. The van der Waals surface area contributed by atoms with Gasteiger partial charge in [0.15, 0.2) is 6.29 Å². The van der Waals surface area contributed by atoms with Crippen LogP contribution in [0.25, 0.3) is 0 Å². The summed E-state index contributed by atoms with van der Waals surface area (Å²) in [4.78, 5) is 0. The largest absolute Gasteiger partial charge is 0.491 e. The van der Waals surface area contributed by atoms with Gasteiger partial charge >= 0.3 is 0 Å². The maximum absolute atomic E-state index is 6.06. The number of hydrogen-bond acceptors (Lipinski definition) is 3. The molecule has 4 heteroatoms. The Labute approximate surface area is 119 Å². The normalized spacial score (nSPS) is 19.4. The molecule has 1 atom stereocenters. The van der Waals surface area contributed by atoms with Crippen LogP contribution in [0.3, 0.4) is 0 Å². The molecule has 19 heavy (non-hydrogen) atoms. The summed E-state index contributed by atoms with van der Waals surface area (Å²) in [7, 11) is 0. The Balaban J connectivity index is 1.70. The molecular weight excluding hydrogens is 264 g/mol. The second-order valence-corrected chi connectivity index (χ2v) is 5.03. The third-order valence-electron chi connectivity index (χ3n) is 3.19. The van der Waals surface area contributed by atoms with Crippen molar-refractivity contribution in [3.8, 4) is 5.75 Å². The molecule has 0 aliphatic carbocycles. The van der Waals surface area contributed by atoms with E-state index < -0.39 is 0 Å². The van der Waals surface area contributed by atoms with Gasteiger partial charge in [-0.25, -0.2) is 0 Å². The molecule has 0 unspecified atom stereocenters. The van der Waals surface area contributed by atoms with Crippen LogP contribution in [0, 0.1) is 0 Å². The van der Waals surface area contributed by atoms with Gasteiger partial charge in [-0.05, 0) is 49.4 Å². The molecule has 1 aromatic carbocycles. The fourth-order valence-electron chi connectivity index (χ4n) is 2.09. The molecule has 0 bridgehead atoms. The SMILES string of the molecule is CCc1cc(OCCO[C@@H]2CCCCO2)ccc1Cl. The maximum atomic E-state index is 6.06. The number of hydrogen-bond donors (Lipinski definition) is 0. The van der Waals surface area contributed by atoms with Crippen LogP contribution in [0.4, 0.5) is 0 Å². The summed E-state index contributed by atoms with van der Waals surface area (Å²) in [5.74, 6) is 0.842. The first-order valence-electron chi connectivity index (χ1n) is 6.94. The molecule has 1 fully saturated rings. The van der Waals surface area contributed by atoms with Gasteiger partial charge in [0.1, 0.15) is 12.4 Å². The average molecular weight is 285 g/mol. The maximum Gasteiger partial charge on any atom is 0.157 e. The lowest BCUT2D eigenvalue weighted by molar-refractivity contribution is -0.165. The quantitative estimate of drug-likeness (QED) is 0.743. The molecule has 3 nitrogen and oxygen atoms in total. The molecule has 106 valence electrons. The third-order valence-corrected chi connectivity index (χ3v) is 3.56. The van der Waals surface area contributed by atoms with E-state index >= 15 is 0 Å². The van der Waals surface area contributed by atoms with Crippen molar-refractivity contribution in [1.29, 1.82) is 0 Å². The molecule has 0 amide bonds. The monoisotopic (exact) mass is 284 g/mol. The molecule has 0 spiro atoms. The van der Waals surface area contributed by atoms with E-state index in [1.54, 1.807) is 0 Å². The van der Waals surface area contributed by atoms with E-state index in [9.17, 15) is 0 Å². The Hall–Kier alpha value is -0.770. The molecule has 2 rings (SSSR count). The van der Waals surface area contributed by atoms with Crippen molar-refractivity contribution >= 4 is 11.6 Å². The second-order valence-electron chi connectivity index (χ2n) is 4.62. The molecule has 1 saturated heterocycles. The standard InChI is InChI=1S/C15H21ClO3/c1-2-12-11-13(6-7-14(12)16)17-9-10-19-15-5-3-4-8-18-15/h6-7,11,15H,2-5,8-10H2,1H3/t15-/m1/s1. The first-order valence-corrected chi connectivity index (χ1v) is 7.32. The van der Waals surface area contributed by atoms with Crippen LogP contribution in [0.1, 0.15) is 31.7 Å². The van der Waals surface area contributed by atoms with Crippen LogP contribution in [0.2, 0.25) is 5.02 Å². The minimum Gasteiger partial charge on any atom is -0.491 e. The highest BCUT2D eigenvalue weighted by molar-refractivity contribution is 6.31. The summed E-state index contributed by atoms with van der Waals surface area (Å²) in [5.41, 5.74) is 1.11. The molecule has 0 radical (unpaired) electrons. The van der Waals surface area contributed by atoms with Crippen molar-refractivity contribution in [3.05, 3.63) is 28.8 Å². The van der Waals surface area contributed by atoms with Gasteiger partial charge in [0.2, 0.25) is 0 Å². The average Bonchev–Trinajstić information content (AvgIpc) is 2.46. The zero-order chi connectivity index (χ0) is 13.5. The van der Waals surface area contributed by atoms with Crippen LogP contribution >= 0.6 is 11.6 Å². The summed E-state index contributed by atoms with van der Waals surface area (Å²) in [5, 5.41) is 0.793. The second kappa shape index (κ2) is 7.73. The summed E-state index contributed by atoms with van der Waals surface area (Å²) in [6, 6.07) is 5.75. The lowest BCUT2D eigenvalue weighted by Crippen LogP contribution is -2.24. The molecule has 1 aliphatic heterocycles. The molecular formula is C15H21ClO3. The summed E-state index contributed by atoms with van der Waals surface area (Å²) in [6.45, 7) is 3.97. The molecule has 1 aliphatic rings. The van der Waals surface area contributed by atoms with Crippen molar-refractivity contribution in [3.63, 3.8) is 0 Å². The van der Waals surface area contributed by atoms with Gasteiger partial charge in [0.05, 0.1) is 6.61 Å². The number of rotatable bonds is 6. The number of ether oxygens (including phenoxy) is 3. The predicted octanol–water partition coefficient (Wildman–Crippen LogP) is 3.82. The van der Waals surface area contributed by atoms with Gasteiger partial charge in [-0.3, -0.25) is 0 Å². The first-order chi connectivity index (χ1) is 9.29. The highest BCUT2D eigenvalue weighted by atomic mass is 35.5. The van der Waals surface area contributed by atoms with Crippen molar-refractivity contribution in [2.45, 2.75) is 38.9 Å². The zero-order valence-electron chi connectivity index (χ0n) is 11.4. The van der Waals surface area contributed by atoms with Gasteiger partial charge in [0.25, 0.3) is 0 Å². The fraction of sp³-hybridized carbons (Fsp3) is 0.600. The topological polar surface area (TPSA) is 27.7 Å². The van der Waals surface area contributed by atoms with Crippen molar-refractivity contribution < 1.29 is 14.2 Å². The van der Waals surface area contributed by atoms with E-state index in [-0.39, 0.29) is 6.29 Å². The van der Waals surface area contributed by atoms with Crippen LogP contribution < -0.4 is 4.74 Å². The zero-order valence-corrected chi connectivity index (χ0v) is 12.1. The van der Waals surface area contributed by atoms with E-state index in [1.807, 2.05) is 18.2 Å². The van der Waals surface area contributed by atoms with Crippen LogP contribution in [-0.4, -0.2) is 26.1 Å². The van der Waals surface area contributed by atoms with Crippen LogP contribution in [0.15, 0.2) is 18.2 Å². The fourth-order valence-corrected chi connectivity index (χ4v) is 2.34. The van der Waals surface area contributed by atoms with Crippen molar-refractivity contribution in [2.75, 3.05) is 19.8 Å². The molecule has 0 aromatic heterocycles. The Bertz CT molecular complexity index is 389. The lowest BCUT2D eigenvalue weighted by atomic mass is 10.1. The van der Waals surface area contributed by atoms with E-state index in [2.05, 4.69) is 6.92 Å². The Morgan fingerprint density at radius 3 is 2.95 bits per heavy atom. The highest BCUT2D eigenvalue weighted by Crippen LogP contribution is 2.22. The Kier molecular flexibility index (Phi) is 5.95.